The highest BCUT2D eigenvalue weighted by atomic mass is 16.5. The second kappa shape index (κ2) is 6.72. The summed E-state index contributed by atoms with van der Waals surface area (Å²) in [4.78, 5) is 15.8. The summed E-state index contributed by atoms with van der Waals surface area (Å²) in [6.07, 6.45) is 0. The van der Waals surface area contributed by atoms with Crippen LogP contribution in [0, 0.1) is 0 Å². The number of benzene rings is 3. The molecule has 1 N–H and O–H groups in total. The normalized spacial score (nSPS) is 10.8. The van der Waals surface area contributed by atoms with Crippen molar-refractivity contribution >= 4 is 17.1 Å². The van der Waals surface area contributed by atoms with Gasteiger partial charge in [-0.05, 0) is 29.8 Å². The molecule has 0 spiro atoms. The molecular formula is C21H15NO4. The van der Waals surface area contributed by atoms with Crippen LogP contribution in [0.3, 0.4) is 0 Å². The molecule has 4 rings (SSSR count). The lowest BCUT2D eigenvalue weighted by atomic mass is 10.2. The molecular weight excluding hydrogens is 330 g/mol. The number of carboxylic acid groups (broad SMARTS) is 1. The van der Waals surface area contributed by atoms with Gasteiger partial charge in [-0.2, -0.15) is 0 Å². The summed E-state index contributed by atoms with van der Waals surface area (Å²) in [5, 5.41) is 9.32. The van der Waals surface area contributed by atoms with Crippen molar-refractivity contribution in [3.05, 3.63) is 83.9 Å². The molecule has 0 fully saturated rings. The number of hydrogen-bond donors (Lipinski definition) is 1. The van der Waals surface area contributed by atoms with E-state index >= 15 is 0 Å². The summed E-state index contributed by atoms with van der Waals surface area (Å²) >= 11 is 0. The van der Waals surface area contributed by atoms with Gasteiger partial charge in [-0.1, -0.05) is 48.5 Å². The summed E-state index contributed by atoms with van der Waals surface area (Å²) in [5.74, 6) is -0.0822. The molecule has 0 aliphatic rings. The van der Waals surface area contributed by atoms with E-state index < -0.39 is 5.97 Å². The lowest BCUT2D eigenvalue weighted by molar-refractivity contribution is 0.0699. The third-order valence-corrected chi connectivity index (χ3v) is 4.00. The number of ether oxygens (including phenoxy) is 1. The maximum atomic E-state index is 11.4. The number of aromatic nitrogens is 1. The zero-order valence-electron chi connectivity index (χ0n) is 13.8. The van der Waals surface area contributed by atoms with E-state index in [0.717, 1.165) is 5.56 Å². The van der Waals surface area contributed by atoms with Crippen LogP contribution in [-0.2, 0) is 6.61 Å². The van der Waals surface area contributed by atoms with Gasteiger partial charge in [0.05, 0.1) is 11.1 Å². The smallest absolute Gasteiger partial charge is 0.338 e. The third-order valence-electron chi connectivity index (χ3n) is 4.00. The minimum Gasteiger partial charge on any atom is -0.488 e. The summed E-state index contributed by atoms with van der Waals surface area (Å²) in [5.41, 5.74) is 2.59. The van der Waals surface area contributed by atoms with Gasteiger partial charge in [0.25, 0.3) is 0 Å². The summed E-state index contributed by atoms with van der Waals surface area (Å²) in [7, 11) is 0. The van der Waals surface area contributed by atoms with Crippen LogP contribution >= 0.6 is 0 Å². The standard InChI is InChI=1S/C21H15NO4/c23-21(24)16-10-6-12-18-19(16)22-20(26-18)15-9-4-5-11-17(15)25-13-14-7-2-1-3-8-14/h1-12H,13H2,(H,23,24). The highest BCUT2D eigenvalue weighted by Gasteiger charge is 2.17. The molecule has 5 nitrogen and oxygen atoms in total. The minimum absolute atomic E-state index is 0.111. The first kappa shape index (κ1) is 15.9. The van der Waals surface area contributed by atoms with Crippen molar-refractivity contribution in [2.75, 3.05) is 0 Å². The van der Waals surface area contributed by atoms with Crippen molar-refractivity contribution in [3.8, 4) is 17.2 Å². The fourth-order valence-corrected chi connectivity index (χ4v) is 2.74. The van der Waals surface area contributed by atoms with Gasteiger partial charge >= 0.3 is 5.97 Å². The number of aromatic carboxylic acids is 1. The highest BCUT2D eigenvalue weighted by molar-refractivity contribution is 6.00. The zero-order valence-corrected chi connectivity index (χ0v) is 13.8. The Morgan fingerprint density at radius 3 is 2.54 bits per heavy atom. The van der Waals surface area contributed by atoms with Gasteiger partial charge in [-0.25, -0.2) is 9.78 Å². The Morgan fingerprint density at radius 2 is 1.73 bits per heavy atom. The van der Waals surface area contributed by atoms with E-state index in [0.29, 0.717) is 34.9 Å². The second-order valence-electron chi connectivity index (χ2n) is 5.75. The summed E-state index contributed by atoms with van der Waals surface area (Å²) in [6, 6.07) is 22.1. The molecule has 3 aromatic carbocycles. The molecule has 0 amide bonds. The molecule has 0 radical (unpaired) electrons. The van der Waals surface area contributed by atoms with Crippen LogP contribution in [0.5, 0.6) is 5.75 Å². The molecule has 0 aliphatic heterocycles. The number of rotatable bonds is 5. The fourth-order valence-electron chi connectivity index (χ4n) is 2.74. The second-order valence-corrected chi connectivity index (χ2v) is 5.75. The number of carbonyl (C=O) groups is 1. The van der Waals surface area contributed by atoms with Crippen molar-refractivity contribution in [3.63, 3.8) is 0 Å². The van der Waals surface area contributed by atoms with E-state index in [-0.39, 0.29) is 5.56 Å². The van der Waals surface area contributed by atoms with Crippen LogP contribution < -0.4 is 4.74 Å². The monoisotopic (exact) mass is 345 g/mol. The maximum absolute atomic E-state index is 11.4. The Hall–Kier alpha value is -3.60. The van der Waals surface area contributed by atoms with Gasteiger partial charge < -0.3 is 14.3 Å². The molecule has 5 heteroatoms. The van der Waals surface area contributed by atoms with E-state index in [2.05, 4.69) is 4.98 Å². The lowest BCUT2D eigenvalue weighted by Crippen LogP contribution is -1.97. The Bertz CT molecular complexity index is 1070. The Kier molecular flexibility index (Phi) is 4.11. The number of hydrogen-bond acceptors (Lipinski definition) is 4. The first-order valence-corrected chi connectivity index (χ1v) is 8.11. The number of para-hydroxylation sites is 2. The van der Waals surface area contributed by atoms with Crippen LogP contribution in [0.4, 0.5) is 0 Å². The third kappa shape index (κ3) is 3.02. The average Bonchev–Trinajstić information content (AvgIpc) is 3.11. The van der Waals surface area contributed by atoms with E-state index in [1.165, 1.54) is 6.07 Å². The molecule has 26 heavy (non-hydrogen) atoms. The van der Waals surface area contributed by atoms with E-state index in [9.17, 15) is 9.90 Å². The quantitative estimate of drug-likeness (QED) is 0.564. The summed E-state index contributed by atoms with van der Waals surface area (Å²) < 4.78 is 11.7. The molecule has 0 saturated heterocycles. The Labute approximate surface area is 149 Å². The van der Waals surface area contributed by atoms with Crippen molar-refractivity contribution in [2.45, 2.75) is 6.61 Å². The Balaban J connectivity index is 1.71. The first-order valence-electron chi connectivity index (χ1n) is 8.11. The molecule has 1 aromatic heterocycles. The average molecular weight is 345 g/mol. The maximum Gasteiger partial charge on any atom is 0.338 e. The molecule has 0 aliphatic carbocycles. The number of carboxylic acids is 1. The van der Waals surface area contributed by atoms with Gasteiger partial charge in [0.15, 0.2) is 5.58 Å². The largest absolute Gasteiger partial charge is 0.488 e. The SMILES string of the molecule is O=C(O)c1cccc2oc(-c3ccccc3OCc3ccccc3)nc12. The zero-order chi connectivity index (χ0) is 17.9. The van der Waals surface area contributed by atoms with Gasteiger partial charge in [-0.3, -0.25) is 0 Å². The van der Waals surface area contributed by atoms with E-state index in [4.69, 9.17) is 9.15 Å². The van der Waals surface area contributed by atoms with E-state index in [1.54, 1.807) is 12.1 Å². The molecule has 128 valence electrons. The predicted octanol–water partition coefficient (Wildman–Crippen LogP) is 4.77. The predicted molar refractivity (Wildman–Crippen MR) is 97.2 cm³/mol. The van der Waals surface area contributed by atoms with Gasteiger partial charge in [0.2, 0.25) is 5.89 Å². The Morgan fingerprint density at radius 1 is 0.962 bits per heavy atom. The molecule has 0 bridgehead atoms. The number of nitrogens with zero attached hydrogens (tertiary/aromatic N) is 1. The lowest BCUT2D eigenvalue weighted by Gasteiger charge is -2.09. The molecule has 1 heterocycles. The minimum atomic E-state index is -1.04. The van der Waals surface area contributed by atoms with Crippen LogP contribution in [0.25, 0.3) is 22.6 Å². The summed E-state index contributed by atoms with van der Waals surface area (Å²) in [6.45, 7) is 0.415. The van der Waals surface area contributed by atoms with Crippen molar-refractivity contribution < 1.29 is 19.1 Å². The van der Waals surface area contributed by atoms with Crippen molar-refractivity contribution in [2.24, 2.45) is 0 Å². The van der Waals surface area contributed by atoms with Crippen molar-refractivity contribution in [1.29, 1.82) is 0 Å². The van der Waals surface area contributed by atoms with E-state index in [1.807, 2.05) is 54.6 Å². The van der Waals surface area contributed by atoms with Crippen LogP contribution in [0.1, 0.15) is 15.9 Å². The number of oxazole rings is 1. The molecule has 0 atom stereocenters. The molecule has 0 unspecified atom stereocenters. The van der Waals surface area contributed by atoms with Crippen LogP contribution in [0.2, 0.25) is 0 Å². The van der Waals surface area contributed by atoms with Gasteiger partial charge in [0.1, 0.15) is 17.9 Å². The number of fused-ring (bicyclic) bond motifs is 1. The fraction of sp³-hybridized carbons (Fsp3) is 0.0476. The van der Waals surface area contributed by atoms with Crippen molar-refractivity contribution in [1.82, 2.24) is 4.98 Å². The van der Waals surface area contributed by atoms with Gasteiger partial charge in [0, 0.05) is 0 Å². The van der Waals surface area contributed by atoms with Crippen LogP contribution in [0.15, 0.2) is 77.2 Å². The molecule has 0 saturated carbocycles. The first-order chi connectivity index (χ1) is 12.7. The molecule has 4 aromatic rings. The topological polar surface area (TPSA) is 72.6 Å². The van der Waals surface area contributed by atoms with Gasteiger partial charge in [-0.15, -0.1) is 0 Å². The van der Waals surface area contributed by atoms with Crippen LogP contribution in [-0.4, -0.2) is 16.1 Å². The highest BCUT2D eigenvalue weighted by Crippen LogP contribution is 2.33.